The van der Waals surface area contributed by atoms with Crippen molar-refractivity contribution < 1.29 is 0 Å². The summed E-state index contributed by atoms with van der Waals surface area (Å²) in [6, 6.07) is 3.92. The zero-order chi connectivity index (χ0) is 7.84. The molecule has 11 heavy (non-hydrogen) atoms. The molecule has 58 valence electrons. The number of fused-ring (bicyclic) bond motifs is 1. The Bertz CT molecular complexity index is 269. The van der Waals surface area contributed by atoms with Gasteiger partial charge in [0.05, 0.1) is 0 Å². The predicted molar refractivity (Wildman–Crippen MR) is 49.7 cm³/mol. The number of rotatable bonds is 0. The number of hydrogen-bond acceptors (Lipinski definition) is 1. The van der Waals surface area contributed by atoms with Gasteiger partial charge in [0.15, 0.2) is 0 Å². The van der Waals surface area contributed by atoms with Crippen molar-refractivity contribution in [1.82, 2.24) is 5.32 Å². The summed E-state index contributed by atoms with van der Waals surface area (Å²) in [6.45, 7) is 1.82. The maximum absolute atomic E-state index is 5.98. The van der Waals surface area contributed by atoms with E-state index >= 15 is 0 Å². The molecule has 1 aromatic carbocycles. The highest BCUT2D eigenvalue weighted by Gasteiger charge is 2.15. The Morgan fingerprint density at radius 1 is 1.27 bits per heavy atom. The number of benzene rings is 1. The van der Waals surface area contributed by atoms with Gasteiger partial charge in [-0.05, 0) is 23.3 Å². The quantitative estimate of drug-likeness (QED) is 0.725. The fourth-order valence-electron chi connectivity index (χ4n) is 1.33. The van der Waals surface area contributed by atoms with E-state index in [1.54, 1.807) is 0 Å². The number of nitrogens with one attached hydrogen (secondary N) is 1. The van der Waals surface area contributed by atoms with Crippen LogP contribution in [-0.2, 0) is 13.1 Å². The van der Waals surface area contributed by atoms with Crippen molar-refractivity contribution in [3.8, 4) is 0 Å². The van der Waals surface area contributed by atoms with Crippen molar-refractivity contribution in [2.24, 2.45) is 0 Å². The van der Waals surface area contributed by atoms with E-state index in [1.807, 2.05) is 12.1 Å². The van der Waals surface area contributed by atoms with Crippen molar-refractivity contribution in [3.05, 3.63) is 32.8 Å². The summed E-state index contributed by atoms with van der Waals surface area (Å²) in [5, 5.41) is 4.12. The molecule has 0 fully saturated rings. The molecule has 1 N–H and O–H groups in total. The van der Waals surface area contributed by atoms with Crippen LogP contribution in [0.1, 0.15) is 11.1 Å². The SMILES string of the molecule is Clc1ccc(Br)c2c1CNC2. The van der Waals surface area contributed by atoms with Crippen LogP contribution in [0.15, 0.2) is 16.6 Å². The van der Waals surface area contributed by atoms with Crippen LogP contribution in [0.25, 0.3) is 0 Å². The van der Waals surface area contributed by atoms with Gasteiger partial charge in [-0.3, -0.25) is 0 Å². The average molecular weight is 233 g/mol. The van der Waals surface area contributed by atoms with Crippen LogP contribution in [0.3, 0.4) is 0 Å². The summed E-state index contributed by atoms with van der Waals surface area (Å²) in [6.07, 6.45) is 0. The Morgan fingerprint density at radius 2 is 2.00 bits per heavy atom. The summed E-state index contributed by atoms with van der Waals surface area (Å²) >= 11 is 9.46. The second kappa shape index (κ2) is 2.77. The fraction of sp³-hybridized carbons (Fsp3) is 0.250. The Balaban J connectivity index is 2.64. The van der Waals surface area contributed by atoms with Gasteiger partial charge in [-0.15, -0.1) is 0 Å². The molecule has 0 aliphatic carbocycles. The molecule has 0 unspecified atom stereocenters. The molecule has 0 bridgehead atoms. The summed E-state index contributed by atoms with van der Waals surface area (Å²) in [5.41, 5.74) is 2.54. The molecule has 1 aliphatic rings. The van der Waals surface area contributed by atoms with Gasteiger partial charge in [0.2, 0.25) is 0 Å². The van der Waals surface area contributed by atoms with Gasteiger partial charge >= 0.3 is 0 Å². The third-order valence-corrected chi connectivity index (χ3v) is 3.02. The molecule has 0 saturated carbocycles. The summed E-state index contributed by atoms with van der Waals surface area (Å²) < 4.78 is 1.15. The molecule has 0 atom stereocenters. The smallest absolute Gasteiger partial charge is 0.0454 e. The zero-order valence-corrected chi connectivity index (χ0v) is 8.17. The third-order valence-electron chi connectivity index (χ3n) is 1.92. The van der Waals surface area contributed by atoms with Crippen molar-refractivity contribution in [2.45, 2.75) is 13.1 Å². The second-order valence-corrected chi connectivity index (χ2v) is 3.85. The monoisotopic (exact) mass is 231 g/mol. The van der Waals surface area contributed by atoms with Gasteiger partial charge in [0.1, 0.15) is 0 Å². The molecule has 3 heteroatoms. The standard InChI is InChI=1S/C8H7BrClN/c9-7-1-2-8(10)6-4-11-3-5(6)7/h1-2,11H,3-4H2. The molecule has 1 aromatic rings. The Hall–Kier alpha value is -0.0500. The van der Waals surface area contributed by atoms with E-state index in [1.165, 1.54) is 11.1 Å². The van der Waals surface area contributed by atoms with Gasteiger partial charge < -0.3 is 5.32 Å². The molecular weight excluding hydrogens is 225 g/mol. The zero-order valence-electron chi connectivity index (χ0n) is 5.82. The summed E-state index contributed by atoms with van der Waals surface area (Å²) in [4.78, 5) is 0. The van der Waals surface area contributed by atoms with Crippen LogP contribution in [-0.4, -0.2) is 0 Å². The highest BCUT2D eigenvalue weighted by molar-refractivity contribution is 9.10. The van der Waals surface area contributed by atoms with Crippen LogP contribution >= 0.6 is 27.5 Å². The number of hydrogen-bond donors (Lipinski definition) is 1. The van der Waals surface area contributed by atoms with Crippen molar-refractivity contribution >= 4 is 27.5 Å². The van der Waals surface area contributed by atoms with Crippen LogP contribution in [0.2, 0.25) is 5.02 Å². The first-order valence-electron chi connectivity index (χ1n) is 3.45. The lowest BCUT2D eigenvalue weighted by molar-refractivity contribution is 0.764. The van der Waals surface area contributed by atoms with Gasteiger partial charge in [-0.1, -0.05) is 27.5 Å². The molecule has 1 heterocycles. The molecule has 1 nitrogen and oxygen atoms in total. The Morgan fingerprint density at radius 3 is 2.73 bits per heavy atom. The summed E-state index contributed by atoms with van der Waals surface area (Å²) in [7, 11) is 0. The molecule has 1 aliphatic heterocycles. The van der Waals surface area contributed by atoms with Gasteiger partial charge in [-0.2, -0.15) is 0 Å². The maximum Gasteiger partial charge on any atom is 0.0454 e. The highest BCUT2D eigenvalue weighted by Crippen LogP contribution is 2.30. The third kappa shape index (κ3) is 1.19. The molecule has 0 amide bonds. The predicted octanol–water partition coefficient (Wildman–Crippen LogP) is 2.71. The summed E-state index contributed by atoms with van der Waals surface area (Å²) in [5.74, 6) is 0. The lowest BCUT2D eigenvalue weighted by Gasteiger charge is -2.01. The molecule has 0 spiro atoms. The van der Waals surface area contributed by atoms with Crippen LogP contribution < -0.4 is 5.32 Å². The van der Waals surface area contributed by atoms with Crippen molar-refractivity contribution in [3.63, 3.8) is 0 Å². The molecule has 2 rings (SSSR count). The Kier molecular flexibility index (Phi) is 1.91. The minimum atomic E-state index is 0.869. The van der Waals surface area contributed by atoms with E-state index in [0.29, 0.717) is 0 Å². The van der Waals surface area contributed by atoms with Crippen LogP contribution in [0.5, 0.6) is 0 Å². The lowest BCUT2D eigenvalue weighted by atomic mass is 10.1. The van der Waals surface area contributed by atoms with E-state index in [-0.39, 0.29) is 0 Å². The van der Waals surface area contributed by atoms with Gasteiger partial charge in [-0.25, -0.2) is 0 Å². The molecule has 0 saturated heterocycles. The largest absolute Gasteiger partial charge is 0.308 e. The average Bonchev–Trinajstić information content (AvgIpc) is 2.45. The van der Waals surface area contributed by atoms with Crippen LogP contribution in [0.4, 0.5) is 0 Å². The Labute approximate surface area is 78.9 Å². The van der Waals surface area contributed by atoms with Gasteiger partial charge in [0, 0.05) is 22.6 Å². The topological polar surface area (TPSA) is 12.0 Å². The van der Waals surface area contributed by atoms with E-state index in [9.17, 15) is 0 Å². The maximum atomic E-state index is 5.98. The van der Waals surface area contributed by atoms with Crippen molar-refractivity contribution in [2.75, 3.05) is 0 Å². The highest BCUT2D eigenvalue weighted by atomic mass is 79.9. The lowest BCUT2D eigenvalue weighted by Crippen LogP contribution is -2.00. The van der Waals surface area contributed by atoms with E-state index in [0.717, 1.165) is 22.6 Å². The minimum Gasteiger partial charge on any atom is -0.308 e. The molecular formula is C8H7BrClN. The minimum absolute atomic E-state index is 0.869. The fourth-order valence-corrected chi connectivity index (χ4v) is 2.09. The van der Waals surface area contributed by atoms with Crippen molar-refractivity contribution in [1.29, 1.82) is 0 Å². The van der Waals surface area contributed by atoms with Gasteiger partial charge in [0.25, 0.3) is 0 Å². The van der Waals surface area contributed by atoms with E-state index in [2.05, 4.69) is 21.2 Å². The van der Waals surface area contributed by atoms with Crippen LogP contribution in [0, 0.1) is 0 Å². The van der Waals surface area contributed by atoms with E-state index in [4.69, 9.17) is 11.6 Å². The first-order valence-corrected chi connectivity index (χ1v) is 4.62. The van der Waals surface area contributed by atoms with E-state index < -0.39 is 0 Å². The molecule has 0 aromatic heterocycles. The number of halogens is 2. The molecule has 0 radical (unpaired) electrons. The normalized spacial score (nSPS) is 15.1. The first kappa shape index (κ1) is 7.59. The first-order chi connectivity index (χ1) is 5.29. The second-order valence-electron chi connectivity index (χ2n) is 2.59.